The van der Waals surface area contributed by atoms with Crippen LogP contribution in [0, 0.1) is 6.92 Å². The largest absolute Gasteiger partial charge is 0.326 e. The fourth-order valence-electron chi connectivity index (χ4n) is 2.94. The molecule has 2 N–H and O–H groups in total. The number of hydrogen-bond donors (Lipinski definition) is 2. The van der Waals surface area contributed by atoms with Gasteiger partial charge in [-0.05, 0) is 49.4 Å². The number of aryl methyl sites for hydroxylation is 1. The summed E-state index contributed by atoms with van der Waals surface area (Å²) in [4.78, 5) is 25.4. The number of nitrogens with zero attached hydrogens (tertiary/aromatic N) is 2. The number of fused-ring (bicyclic) bond motifs is 1. The van der Waals surface area contributed by atoms with Crippen molar-refractivity contribution in [3.05, 3.63) is 71.2 Å². The quantitative estimate of drug-likeness (QED) is 0.534. The minimum Gasteiger partial charge on any atom is -0.326 e. The van der Waals surface area contributed by atoms with Crippen molar-refractivity contribution in [2.45, 2.75) is 13.8 Å². The molecule has 0 bridgehead atoms. The van der Waals surface area contributed by atoms with Gasteiger partial charge in [0.25, 0.3) is 5.91 Å². The highest BCUT2D eigenvalue weighted by molar-refractivity contribution is 7.20. The molecule has 2 heterocycles. The smallest absolute Gasteiger partial charge is 0.265 e. The molecule has 0 saturated carbocycles. The standard InChI is InChI=1S/C21H18N4O2S/c1-13-18-12-19(28-21(18)25(24-13)17-6-4-3-5-7-17)20(27)23-16-10-8-15(9-11-16)22-14(2)26/h3-12H,1-2H3,(H,22,26)(H,23,27). The number of anilines is 2. The number of thiophene rings is 1. The van der Waals surface area contributed by atoms with Gasteiger partial charge in [0.05, 0.1) is 16.3 Å². The molecular formula is C21H18N4O2S. The highest BCUT2D eigenvalue weighted by atomic mass is 32.1. The molecule has 2 aromatic heterocycles. The predicted octanol–water partition coefficient (Wildman–Crippen LogP) is 4.61. The second-order valence-corrected chi connectivity index (χ2v) is 7.41. The van der Waals surface area contributed by atoms with E-state index in [9.17, 15) is 9.59 Å². The van der Waals surface area contributed by atoms with Crippen molar-refractivity contribution in [1.29, 1.82) is 0 Å². The molecule has 0 spiro atoms. The third-order valence-corrected chi connectivity index (χ3v) is 5.34. The molecule has 0 radical (unpaired) electrons. The first-order valence-corrected chi connectivity index (χ1v) is 9.56. The van der Waals surface area contributed by atoms with Gasteiger partial charge in [0.2, 0.25) is 5.91 Å². The average molecular weight is 390 g/mol. The minimum absolute atomic E-state index is 0.134. The van der Waals surface area contributed by atoms with Crippen LogP contribution in [0.2, 0.25) is 0 Å². The van der Waals surface area contributed by atoms with E-state index in [0.29, 0.717) is 16.3 Å². The van der Waals surface area contributed by atoms with Gasteiger partial charge >= 0.3 is 0 Å². The lowest BCUT2D eigenvalue weighted by Crippen LogP contribution is -2.10. The Morgan fingerprint density at radius 2 is 1.61 bits per heavy atom. The summed E-state index contributed by atoms with van der Waals surface area (Å²) in [6.07, 6.45) is 0. The second-order valence-electron chi connectivity index (χ2n) is 6.37. The molecule has 0 fully saturated rings. The van der Waals surface area contributed by atoms with Gasteiger partial charge in [-0.1, -0.05) is 18.2 Å². The Balaban J connectivity index is 1.59. The summed E-state index contributed by atoms with van der Waals surface area (Å²) in [6.45, 7) is 3.40. The lowest BCUT2D eigenvalue weighted by molar-refractivity contribution is -0.114. The van der Waals surface area contributed by atoms with Crippen molar-refractivity contribution in [2.75, 3.05) is 10.6 Å². The van der Waals surface area contributed by atoms with Crippen LogP contribution in [0.5, 0.6) is 0 Å². The summed E-state index contributed by atoms with van der Waals surface area (Å²) in [5.74, 6) is -0.308. The van der Waals surface area contributed by atoms with Gasteiger partial charge in [0.1, 0.15) is 4.83 Å². The van der Waals surface area contributed by atoms with E-state index in [4.69, 9.17) is 0 Å². The van der Waals surface area contributed by atoms with E-state index in [1.165, 1.54) is 18.3 Å². The van der Waals surface area contributed by atoms with E-state index >= 15 is 0 Å². The molecule has 0 saturated heterocycles. The van der Waals surface area contributed by atoms with Crippen molar-refractivity contribution in [2.24, 2.45) is 0 Å². The van der Waals surface area contributed by atoms with E-state index in [1.807, 2.05) is 48.0 Å². The van der Waals surface area contributed by atoms with E-state index in [-0.39, 0.29) is 11.8 Å². The van der Waals surface area contributed by atoms with Crippen molar-refractivity contribution in [3.63, 3.8) is 0 Å². The molecule has 0 aliphatic heterocycles. The number of carbonyl (C=O) groups excluding carboxylic acids is 2. The zero-order chi connectivity index (χ0) is 19.7. The lowest BCUT2D eigenvalue weighted by Gasteiger charge is -2.06. The molecule has 140 valence electrons. The number of nitrogens with one attached hydrogen (secondary N) is 2. The molecule has 7 heteroatoms. The summed E-state index contributed by atoms with van der Waals surface area (Å²) in [5.41, 5.74) is 3.20. The van der Waals surface area contributed by atoms with Crippen molar-refractivity contribution < 1.29 is 9.59 Å². The Bertz CT molecular complexity index is 1160. The number of para-hydroxylation sites is 1. The van der Waals surface area contributed by atoms with Crippen LogP contribution in [0.4, 0.5) is 11.4 Å². The lowest BCUT2D eigenvalue weighted by atomic mass is 10.2. The van der Waals surface area contributed by atoms with E-state index in [2.05, 4.69) is 15.7 Å². The molecule has 28 heavy (non-hydrogen) atoms. The molecule has 2 aromatic carbocycles. The number of hydrogen-bond acceptors (Lipinski definition) is 4. The van der Waals surface area contributed by atoms with Crippen LogP contribution in [-0.4, -0.2) is 21.6 Å². The topological polar surface area (TPSA) is 76.0 Å². The maximum absolute atomic E-state index is 12.7. The molecule has 0 aliphatic rings. The molecule has 4 rings (SSSR count). The summed E-state index contributed by atoms with van der Waals surface area (Å²) in [5, 5.41) is 11.2. The van der Waals surface area contributed by atoms with Crippen LogP contribution in [0.15, 0.2) is 60.7 Å². The van der Waals surface area contributed by atoms with E-state index in [1.54, 1.807) is 24.3 Å². The van der Waals surface area contributed by atoms with Crippen LogP contribution < -0.4 is 10.6 Å². The highest BCUT2D eigenvalue weighted by Crippen LogP contribution is 2.31. The Labute approximate surface area is 165 Å². The molecular weight excluding hydrogens is 372 g/mol. The van der Waals surface area contributed by atoms with Crippen molar-refractivity contribution >= 4 is 44.7 Å². The Kier molecular flexibility index (Phi) is 4.67. The van der Waals surface area contributed by atoms with Gasteiger partial charge in [0.15, 0.2) is 0 Å². The second kappa shape index (κ2) is 7.28. The van der Waals surface area contributed by atoms with Gasteiger partial charge in [-0.15, -0.1) is 11.3 Å². The number of carbonyl (C=O) groups is 2. The Hall–Kier alpha value is -3.45. The van der Waals surface area contributed by atoms with E-state index in [0.717, 1.165) is 21.6 Å². The van der Waals surface area contributed by atoms with Crippen LogP contribution in [-0.2, 0) is 4.79 Å². The van der Waals surface area contributed by atoms with Crippen LogP contribution in [0.1, 0.15) is 22.3 Å². The fraction of sp³-hybridized carbons (Fsp3) is 0.0952. The number of benzene rings is 2. The van der Waals surface area contributed by atoms with Gasteiger partial charge in [-0.2, -0.15) is 5.10 Å². The minimum atomic E-state index is -0.174. The normalized spacial score (nSPS) is 10.8. The molecule has 4 aromatic rings. The summed E-state index contributed by atoms with van der Waals surface area (Å²) >= 11 is 1.41. The van der Waals surface area contributed by atoms with Gasteiger partial charge in [0, 0.05) is 23.7 Å². The van der Waals surface area contributed by atoms with Crippen LogP contribution >= 0.6 is 11.3 Å². The van der Waals surface area contributed by atoms with Crippen LogP contribution in [0.3, 0.4) is 0 Å². The van der Waals surface area contributed by atoms with Gasteiger partial charge < -0.3 is 10.6 Å². The Morgan fingerprint density at radius 3 is 2.25 bits per heavy atom. The third-order valence-electron chi connectivity index (χ3n) is 4.23. The van der Waals surface area contributed by atoms with Crippen LogP contribution in [0.25, 0.3) is 15.9 Å². The summed E-state index contributed by atoms with van der Waals surface area (Å²) in [6, 6.07) is 18.8. The monoisotopic (exact) mass is 390 g/mol. The zero-order valence-corrected chi connectivity index (χ0v) is 16.2. The molecule has 2 amide bonds. The van der Waals surface area contributed by atoms with Crippen molar-refractivity contribution in [1.82, 2.24) is 9.78 Å². The predicted molar refractivity (Wildman–Crippen MR) is 112 cm³/mol. The molecule has 0 atom stereocenters. The first-order chi connectivity index (χ1) is 13.5. The van der Waals surface area contributed by atoms with Crippen molar-refractivity contribution in [3.8, 4) is 5.69 Å². The highest BCUT2D eigenvalue weighted by Gasteiger charge is 2.17. The third kappa shape index (κ3) is 3.52. The summed E-state index contributed by atoms with van der Waals surface area (Å²) < 4.78 is 1.87. The number of rotatable bonds is 4. The number of amides is 2. The SMILES string of the molecule is CC(=O)Nc1ccc(NC(=O)c2cc3c(C)nn(-c4ccccc4)c3s2)cc1. The molecule has 6 nitrogen and oxygen atoms in total. The average Bonchev–Trinajstić information content (AvgIpc) is 3.24. The Morgan fingerprint density at radius 1 is 0.964 bits per heavy atom. The van der Waals surface area contributed by atoms with E-state index < -0.39 is 0 Å². The maximum atomic E-state index is 12.7. The van der Waals surface area contributed by atoms with Gasteiger partial charge in [-0.25, -0.2) is 4.68 Å². The fourth-order valence-corrected chi connectivity index (χ4v) is 4.01. The molecule has 0 unspecified atom stereocenters. The number of aromatic nitrogens is 2. The summed E-state index contributed by atoms with van der Waals surface area (Å²) in [7, 11) is 0. The zero-order valence-electron chi connectivity index (χ0n) is 15.4. The maximum Gasteiger partial charge on any atom is 0.265 e. The van der Waals surface area contributed by atoms with Gasteiger partial charge in [-0.3, -0.25) is 9.59 Å². The first kappa shape index (κ1) is 17.9. The molecule has 0 aliphatic carbocycles. The first-order valence-electron chi connectivity index (χ1n) is 8.75.